The molecule has 0 aliphatic heterocycles. The molecule has 2 amide bonds. The zero-order chi connectivity index (χ0) is 28.1. The Morgan fingerprint density at radius 2 is 1.52 bits per heavy atom. The van der Waals surface area contributed by atoms with Crippen molar-refractivity contribution in [2.24, 2.45) is 10.2 Å². The van der Waals surface area contributed by atoms with Gasteiger partial charge in [0.2, 0.25) is 0 Å². The SMILES string of the molecule is COc1ccc(C(=O)Nc2ccccc2)cc1N=Nc1c(O)c(C(=O)Nc2ccccc2Cl)cc2ccccc12. The van der Waals surface area contributed by atoms with Crippen LogP contribution in [0.15, 0.2) is 113 Å². The van der Waals surface area contributed by atoms with Gasteiger partial charge in [-0.2, -0.15) is 0 Å². The summed E-state index contributed by atoms with van der Waals surface area (Å²) in [6.07, 6.45) is 0. The number of halogens is 1. The number of nitrogens with zero attached hydrogens (tertiary/aromatic N) is 2. The molecule has 198 valence electrons. The number of fused-ring (bicyclic) bond motifs is 1. The molecule has 5 rings (SSSR count). The molecule has 3 N–H and O–H groups in total. The predicted octanol–water partition coefficient (Wildman–Crippen LogP) is 8.13. The second-order valence-corrected chi connectivity index (χ2v) is 9.09. The number of methoxy groups -OCH3 is 1. The first-order valence-electron chi connectivity index (χ1n) is 12.2. The molecular formula is C31H23ClN4O4. The number of carbonyl (C=O) groups excluding carboxylic acids is 2. The molecule has 0 saturated heterocycles. The molecular weight excluding hydrogens is 528 g/mol. The third-order valence-electron chi connectivity index (χ3n) is 6.09. The normalized spacial score (nSPS) is 10.9. The summed E-state index contributed by atoms with van der Waals surface area (Å²) in [5.41, 5.74) is 1.73. The summed E-state index contributed by atoms with van der Waals surface area (Å²) in [6, 6.07) is 29.4. The molecule has 0 radical (unpaired) electrons. The second kappa shape index (κ2) is 11.7. The van der Waals surface area contributed by atoms with Crippen molar-refractivity contribution in [1.29, 1.82) is 0 Å². The number of rotatable bonds is 7. The number of para-hydroxylation sites is 2. The van der Waals surface area contributed by atoms with Crippen LogP contribution >= 0.6 is 11.6 Å². The Hall–Kier alpha value is -5.21. The molecule has 0 aliphatic carbocycles. The van der Waals surface area contributed by atoms with Gasteiger partial charge in [0.25, 0.3) is 11.8 Å². The Labute approximate surface area is 234 Å². The Morgan fingerprint density at radius 3 is 2.30 bits per heavy atom. The van der Waals surface area contributed by atoms with Crippen molar-refractivity contribution in [2.75, 3.05) is 17.7 Å². The number of amides is 2. The molecule has 0 saturated carbocycles. The number of phenols is 1. The molecule has 8 nitrogen and oxygen atoms in total. The molecule has 0 unspecified atom stereocenters. The summed E-state index contributed by atoms with van der Waals surface area (Å²) >= 11 is 6.20. The second-order valence-electron chi connectivity index (χ2n) is 8.68. The average molecular weight is 551 g/mol. The Balaban J connectivity index is 1.52. The molecule has 0 fully saturated rings. The quantitative estimate of drug-likeness (QED) is 0.177. The molecule has 0 heterocycles. The van der Waals surface area contributed by atoms with Gasteiger partial charge < -0.3 is 20.5 Å². The first-order valence-corrected chi connectivity index (χ1v) is 12.6. The van der Waals surface area contributed by atoms with E-state index in [0.29, 0.717) is 38.5 Å². The molecule has 9 heteroatoms. The van der Waals surface area contributed by atoms with Crippen LogP contribution in [0, 0.1) is 0 Å². The van der Waals surface area contributed by atoms with Crippen LogP contribution in [0.2, 0.25) is 5.02 Å². The van der Waals surface area contributed by atoms with Gasteiger partial charge in [0.05, 0.1) is 23.4 Å². The van der Waals surface area contributed by atoms with Crippen molar-refractivity contribution in [3.8, 4) is 11.5 Å². The highest BCUT2D eigenvalue weighted by molar-refractivity contribution is 6.34. The molecule has 0 aromatic heterocycles. The maximum Gasteiger partial charge on any atom is 0.259 e. The lowest BCUT2D eigenvalue weighted by atomic mass is 10.0. The molecule has 40 heavy (non-hydrogen) atoms. The van der Waals surface area contributed by atoms with Gasteiger partial charge >= 0.3 is 0 Å². The van der Waals surface area contributed by atoms with E-state index in [1.54, 1.807) is 72.8 Å². The number of carbonyl (C=O) groups is 2. The summed E-state index contributed by atoms with van der Waals surface area (Å²) < 4.78 is 5.42. The minimum atomic E-state index is -0.565. The fourth-order valence-corrected chi connectivity index (χ4v) is 4.27. The molecule has 0 spiro atoms. The predicted molar refractivity (Wildman–Crippen MR) is 157 cm³/mol. The van der Waals surface area contributed by atoms with Crippen molar-refractivity contribution in [1.82, 2.24) is 0 Å². The fourth-order valence-electron chi connectivity index (χ4n) is 4.08. The van der Waals surface area contributed by atoms with E-state index in [0.717, 1.165) is 0 Å². The Morgan fingerprint density at radius 1 is 0.800 bits per heavy atom. The monoisotopic (exact) mass is 550 g/mol. The highest BCUT2D eigenvalue weighted by atomic mass is 35.5. The first-order chi connectivity index (χ1) is 19.4. The number of hydrogen-bond acceptors (Lipinski definition) is 6. The van der Waals surface area contributed by atoms with Crippen LogP contribution in [-0.4, -0.2) is 24.0 Å². The zero-order valence-corrected chi connectivity index (χ0v) is 22.0. The van der Waals surface area contributed by atoms with E-state index >= 15 is 0 Å². The average Bonchev–Trinajstić information content (AvgIpc) is 2.98. The van der Waals surface area contributed by atoms with Crippen molar-refractivity contribution in [2.45, 2.75) is 0 Å². The van der Waals surface area contributed by atoms with Crippen LogP contribution in [0.25, 0.3) is 10.8 Å². The maximum atomic E-state index is 13.2. The van der Waals surface area contributed by atoms with Crippen molar-refractivity contribution in [3.63, 3.8) is 0 Å². The van der Waals surface area contributed by atoms with E-state index in [9.17, 15) is 14.7 Å². The highest BCUT2D eigenvalue weighted by Gasteiger charge is 2.19. The Bertz CT molecular complexity index is 1760. The van der Waals surface area contributed by atoms with Crippen molar-refractivity contribution < 1.29 is 19.4 Å². The third-order valence-corrected chi connectivity index (χ3v) is 6.42. The van der Waals surface area contributed by atoms with E-state index in [2.05, 4.69) is 20.9 Å². The molecule has 0 atom stereocenters. The summed E-state index contributed by atoms with van der Waals surface area (Å²) in [4.78, 5) is 26.0. The largest absolute Gasteiger partial charge is 0.505 e. The van der Waals surface area contributed by atoms with Gasteiger partial charge in [-0.3, -0.25) is 9.59 Å². The van der Waals surface area contributed by atoms with Gasteiger partial charge in [0.15, 0.2) is 5.75 Å². The lowest BCUT2D eigenvalue weighted by Gasteiger charge is -2.12. The summed E-state index contributed by atoms with van der Waals surface area (Å²) in [7, 11) is 1.48. The van der Waals surface area contributed by atoms with Gasteiger partial charge in [0, 0.05) is 16.6 Å². The number of benzene rings is 5. The van der Waals surface area contributed by atoms with Crippen molar-refractivity contribution >= 4 is 56.9 Å². The van der Waals surface area contributed by atoms with E-state index in [1.807, 2.05) is 24.3 Å². The van der Waals surface area contributed by atoms with Gasteiger partial charge in [0.1, 0.15) is 17.1 Å². The van der Waals surface area contributed by atoms with Gasteiger partial charge in [-0.05, 0) is 53.9 Å². The van der Waals surface area contributed by atoms with E-state index in [4.69, 9.17) is 16.3 Å². The number of ether oxygens (including phenoxy) is 1. The van der Waals surface area contributed by atoms with Crippen LogP contribution in [0.1, 0.15) is 20.7 Å². The van der Waals surface area contributed by atoms with Crippen LogP contribution in [-0.2, 0) is 0 Å². The van der Waals surface area contributed by atoms with E-state index in [1.165, 1.54) is 13.2 Å². The highest BCUT2D eigenvalue weighted by Crippen LogP contribution is 2.41. The number of nitrogens with one attached hydrogen (secondary N) is 2. The third kappa shape index (κ3) is 5.62. The molecule has 0 aliphatic rings. The molecule has 5 aromatic rings. The minimum absolute atomic E-state index is 0.00414. The van der Waals surface area contributed by atoms with Gasteiger partial charge in [-0.15, -0.1) is 10.2 Å². The standard InChI is InChI=1S/C31H23ClN4O4/c1-40-27-16-15-20(30(38)33-21-10-3-2-4-11-21)18-26(27)35-36-28-22-12-6-5-9-19(22)17-23(29(28)37)31(39)34-25-14-8-7-13-24(25)32/h2-18,37H,1H3,(H,33,38)(H,34,39). The summed E-state index contributed by atoms with van der Waals surface area (Å²) in [6.45, 7) is 0. The number of aromatic hydroxyl groups is 1. The van der Waals surface area contributed by atoms with Crippen LogP contribution in [0.3, 0.4) is 0 Å². The van der Waals surface area contributed by atoms with Gasteiger partial charge in [-0.1, -0.05) is 66.2 Å². The summed E-state index contributed by atoms with van der Waals surface area (Å²) in [5.74, 6) is -0.887. The van der Waals surface area contributed by atoms with E-state index < -0.39 is 5.91 Å². The van der Waals surface area contributed by atoms with Crippen molar-refractivity contribution in [3.05, 3.63) is 119 Å². The van der Waals surface area contributed by atoms with Crippen LogP contribution in [0.5, 0.6) is 11.5 Å². The lowest BCUT2D eigenvalue weighted by Crippen LogP contribution is -2.12. The number of hydrogen-bond donors (Lipinski definition) is 3. The van der Waals surface area contributed by atoms with Gasteiger partial charge in [-0.25, -0.2) is 0 Å². The van der Waals surface area contributed by atoms with Crippen LogP contribution in [0.4, 0.5) is 22.7 Å². The number of phenolic OH excluding ortho intramolecular Hbond substituents is 1. The minimum Gasteiger partial charge on any atom is -0.505 e. The molecule has 5 aromatic carbocycles. The Kier molecular flexibility index (Phi) is 7.70. The van der Waals surface area contributed by atoms with E-state index in [-0.39, 0.29) is 28.6 Å². The zero-order valence-electron chi connectivity index (χ0n) is 21.3. The topological polar surface area (TPSA) is 112 Å². The maximum absolute atomic E-state index is 13.2. The molecule has 0 bridgehead atoms. The number of anilines is 2. The first kappa shape index (κ1) is 26.4. The number of azo groups is 1. The van der Waals surface area contributed by atoms with Crippen LogP contribution < -0.4 is 15.4 Å². The smallest absolute Gasteiger partial charge is 0.259 e. The summed E-state index contributed by atoms with van der Waals surface area (Å²) in [5, 5.41) is 27.0. The fraction of sp³-hybridized carbons (Fsp3) is 0.0323. The lowest BCUT2D eigenvalue weighted by molar-refractivity contribution is 0.101.